The van der Waals surface area contributed by atoms with E-state index in [4.69, 9.17) is 4.74 Å². The van der Waals surface area contributed by atoms with Gasteiger partial charge >= 0.3 is 5.97 Å². The standard InChI is InChI=1S/C25H21N3O3/c29-23(28-13-12-17-6-4-5-9-20(17)15-28)16-31-25(30)19-10-11-21-22(14-19)27-24(26-21)18-7-2-1-3-8-18/h1-11,14H,12-13,15-16H2,(H,26,27). The molecule has 0 saturated carbocycles. The van der Waals surface area contributed by atoms with Crippen LogP contribution in [0, 0.1) is 0 Å². The molecule has 0 spiro atoms. The third-order valence-electron chi connectivity index (χ3n) is 5.57. The molecule has 31 heavy (non-hydrogen) atoms. The number of hydrogen-bond donors (Lipinski definition) is 1. The van der Waals surface area contributed by atoms with Gasteiger partial charge in [0, 0.05) is 18.7 Å². The van der Waals surface area contributed by atoms with Crippen LogP contribution in [0.2, 0.25) is 0 Å². The number of nitrogens with zero attached hydrogens (tertiary/aromatic N) is 2. The third kappa shape index (κ3) is 3.92. The van der Waals surface area contributed by atoms with Crippen molar-refractivity contribution in [2.75, 3.05) is 13.2 Å². The average molecular weight is 411 g/mol. The van der Waals surface area contributed by atoms with Crippen molar-refractivity contribution >= 4 is 22.9 Å². The van der Waals surface area contributed by atoms with Crippen LogP contribution < -0.4 is 0 Å². The molecule has 0 fully saturated rings. The van der Waals surface area contributed by atoms with E-state index in [1.165, 1.54) is 5.56 Å². The van der Waals surface area contributed by atoms with Crippen molar-refractivity contribution in [1.82, 2.24) is 14.9 Å². The largest absolute Gasteiger partial charge is 0.452 e. The van der Waals surface area contributed by atoms with Gasteiger partial charge in [-0.05, 0) is 35.7 Å². The lowest BCUT2D eigenvalue weighted by Crippen LogP contribution is -2.38. The first-order chi connectivity index (χ1) is 15.2. The number of amides is 1. The van der Waals surface area contributed by atoms with Crippen LogP contribution in [0.4, 0.5) is 0 Å². The number of aromatic nitrogens is 2. The van der Waals surface area contributed by atoms with Gasteiger partial charge < -0.3 is 14.6 Å². The van der Waals surface area contributed by atoms with Crippen LogP contribution in [0.15, 0.2) is 72.8 Å². The number of carbonyl (C=O) groups excluding carboxylic acids is 2. The fourth-order valence-electron chi connectivity index (χ4n) is 3.88. The number of benzene rings is 3. The summed E-state index contributed by atoms with van der Waals surface area (Å²) < 4.78 is 5.31. The summed E-state index contributed by atoms with van der Waals surface area (Å²) in [6.45, 7) is 0.919. The van der Waals surface area contributed by atoms with E-state index in [0.717, 1.165) is 34.4 Å². The molecule has 6 nitrogen and oxygen atoms in total. The second-order valence-electron chi connectivity index (χ2n) is 7.59. The topological polar surface area (TPSA) is 75.3 Å². The van der Waals surface area contributed by atoms with Crippen molar-refractivity contribution in [3.05, 3.63) is 89.5 Å². The summed E-state index contributed by atoms with van der Waals surface area (Å²) in [6.07, 6.45) is 0.816. The Labute approximate surface area is 179 Å². The predicted molar refractivity (Wildman–Crippen MR) is 117 cm³/mol. The molecule has 6 heteroatoms. The summed E-state index contributed by atoms with van der Waals surface area (Å²) >= 11 is 0. The Morgan fingerprint density at radius 3 is 2.58 bits per heavy atom. The molecular formula is C25H21N3O3. The molecule has 0 unspecified atom stereocenters. The van der Waals surface area contributed by atoms with E-state index >= 15 is 0 Å². The minimum atomic E-state index is -0.525. The van der Waals surface area contributed by atoms with Crippen LogP contribution in [-0.4, -0.2) is 39.9 Å². The number of nitrogens with one attached hydrogen (secondary N) is 1. The Kier molecular flexibility index (Phi) is 4.96. The molecule has 0 aliphatic carbocycles. The first-order valence-corrected chi connectivity index (χ1v) is 10.2. The van der Waals surface area contributed by atoms with Crippen LogP contribution in [0.1, 0.15) is 21.5 Å². The second kappa shape index (κ2) is 8.07. The van der Waals surface area contributed by atoms with Crippen LogP contribution in [0.5, 0.6) is 0 Å². The van der Waals surface area contributed by atoms with Gasteiger partial charge in [0.15, 0.2) is 6.61 Å². The number of carbonyl (C=O) groups is 2. The molecule has 0 saturated heterocycles. The van der Waals surface area contributed by atoms with Gasteiger partial charge in [-0.1, -0.05) is 54.6 Å². The number of H-pyrrole nitrogens is 1. The monoisotopic (exact) mass is 411 g/mol. The van der Waals surface area contributed by atoms with E-state index in [9.17, 15) is 9.59 Å². The Morgan fingerprint density at radius 2 is 1.74 bits per heavy atom. The molecule has 0 atom stereocenters. The van der Waals surface area contributed by atoms with Crippen molar-refractivity contribution in [2.24, 2.45) is 0 Å². The first-order valence-electron chi connectivity index (χ1n) is 10.2. The molecule has 1 N–H and O–H groups in total. The smallest absolute Gasteiger partial charge is 0.338 e. The minimum absolute atomic E-state index is 0.183. The normalized spacial score (nSPS) is 13.1. The highest BCUT2D eigenvalue weighted by molar-refractivity contribution is 5.95. The van der Waals surface area contributed by atoms with Crippen molar-refractivity contribution in [3.63, 3.8) is 0 Å². The fraction of sp³-hybridized carbons (Fsp3) is 0.160. The number of esters is 1. The second-order valence-corrected chi connectivity index (χ2v) is 7.59. The van der Waals surface area contributed by atoms with Crippen LogP contribution in [-0.2, 0) is 22.5 Å². The van der Waals surface area contributed by atoms with Crippen molar-refractivity contribution in [1.29, 1.82) is 0 Å². The molecule has 154 valence electrons. The van der Waals surface area contributed by atoms with Crippen molar-refractivity contribution < 1.29 is 14.3 Å². The molecule has 1 aliphatic heterocycles. The predicted octanol–water partition coefficient (Wildman–Crippen LogP) is 3.97. The van der Waals surface area contributed by atoms with E-state index < -0.39 is 5.97 Å². The maximum Gasteiger partial charge on any atom is 0.338 e. The van der Waals surface area contributed by atoms with Crippen LogP contribution >= 0.6 is 0 Å². The first kappa shape index (κ1) is 19.1. The summed E-state index contributed by atoms with van der Waals surface area (Å²) in [5.74, 6) is 0.0297. The molecule has 2 heterocycles. The van der Waals surface area contributed by atoms with Gasteiger partial charge in [-0.2, -0.15) is 0 Å². The third-order valence-corrected chi connectivity index (χ3v) is 5.57. The van der Waals surface area contributed by atoms with Crippen molar-refractivity contribution in [3.8, 4) is 11.4 Å². The summed E-state index contributed by atoms with van der Waals surface area (Å²) in [5.41, 5.74) is 5.27. The Hall–Kier alpha value is -3.93. The quantitative estimate of drug-likeness (QED) is 0.516. The van der Waals surface area contributed by atoms with Crippen LogP contribution in [0.3, 0.4) is 0 Å². The Bertz CT molecular complexity index is 1260. The molecule has 0 bridgehead atoms. The maximum atomic E-state index is 12.5. The number of rotatable bonds is 4. The highest BCUT2D eigenvalue weighted by atomic mass is 16.5. The highest BCUT2D eigenvalue weighted by Gasteiger charge is 2.21. The summed E-state index contributed by atoms with van der Waals surface area (Å²) in [5, 5.41) is 0. The molecule has 3 aromatic carbocycles. The van der Waals surface area contributed by atoms with E-state index in [-0.39, 0.29) is 12.5 Å². The van der Waals surface area contributed by atoms with Gasteiger partial charge in [0.25, 0.3) is 5.91 Å². The highest BCUT2D eigenvalue weighted by Crippen LogP contribution is 2.22. The van der Waals surface area contributed by atoms with Crippen LogP contribution in [0.25, 0.3) is 22.4 Å². The van der Waals surface area contributed by atoms with Gasteiger partial charge in [0.1, 0.15) is 5.82 Å². The number of ether oxygens (including phenoxy) is 1. The van der Waals surface area contributed by atoms with Gasteiger partial charge in [-0.25, -0.2) is 9.78 Å². The van der Waals surface area contributed by atoms with E-state index in [1.54, 1.807) is 23.1 Å². The van der Waals surface area contributed by atoms with Gasteiger partial charge in [-0.3, -0.25) is 4.79 Å². The van der Waals surface area contributed by atoms with Crippen molar-refractivity contribution in [2.45, 2.75) is 13.0 Å². The van der Waals surface area contributed by atoms with Gasteiger partial charge in [0.05, 0.1) is 16.6 Å². The lowest BCUT2D eigenvalue weighted by atomic mass is 10.00. The molecule has 1 amide bonds. The zero-order chi connectivity index (χ0) is 21.2. The molecule has 1 aliphatic rings. The summed E-state index contributed by atoms with van der Waals surface area (Å²) in [6, 6.07) is 23.0. The maximum absolute atomic E-state index is 12.5. The van der Waals surface area contributed by atoms with E-state index in [2.05, 4.69) is 16.0 Å². The zero-order valence-electron chi connectivity index (χ0n) is 16.9. The number of hydrogen-bond acceptors (Lipinski definition) is 4. The lowest BCUT2D eigenvalue weighted by Gasteiger charge is -2.28. The molecule has 0 radical (unpaired) electrons. The fourth-order valence-corrected chi connectivity index (χ4v) is 3.88. The lowest BCUT2D eigenvalue weighted by molar-refractivity contribution is -0.135. The Morgan fingerprint density at radius 1 is 0.968 bits per heavy atom. The number of fused-ring (bicyclic) bond motifs is 2. The number of imidazole rings is 1. The van der Waals surface area contributed by atoms with E-state index in [1.807, 2.05) is 48.5 Å². The van der Waals surface area contributed by atoms with Gasteiger partial charge in [-0.15, -0.1) is 0 Å². The van der Waals surface area contributed by atoms with Gasteiger partial charge in [0.2, 0.25) is 0 Å². The average Bonchev–Trinajstić information content (AvgIpc) is 3.26. The molecule has 4 aromatic rings. The SMILES string of the molecule is O=C(OCC(=O)N1CCc2ccccc2C1)c1ccc2nc(-c3ccccc3)[nH]c2c1. The number of aromatic amines is 1. The molecule has 1 aromatic heterocycles. The molecule has 5 rings (SSSR count). The minimum Gasteiger partial charge on any atom is -0.452 e. The molecular weight excluding hydrogens is 390 g/mol. The Balaban J connectivity index is 1.25. The zero-order valence-corrected chi connectivity index (χ0v) is 16.9. The summed E-state index contributed by atoms with van der Waals surface area (Å²) in [7, 11) is 0. The summed E-state index contributed by atoms with van der Waals surface area (Å²) in [4.78, 5) is 34.6. The van der Waals surface area contributed by atoms with E-state index in [0.29, 0.717) is 18.7 Å².